The molecule has 0 saturated heterocycles. The lowest BCUT2D eigenvalue weighted by Crippen LogP contribution is -2.44. The molecule has 1 atom stereocenters. The Bertz CT molecular complexity index is 293. The van der Waals surface area contributed by atoms with E-state index in [1.54, 1.807) is 0 Å². The second kappa shape index (κ2) is 9.41. The van der Waals surface area contributed by atoms with Gasteiger partial charge in [-0.15, -0.1) is 0 Å². The van der Waals surface area contributed by atoms with Crippen LogP contribution in [0.4, 0.5) is 0 Å². The number of rotatable bonds is 9. The summed E-state index contributed by atoms with van der Waals surface area (Å²) in [5.74, 6) is -2.07. The van der Waals surface area contributed by atoms with Crippen molar-refractivity contribution in [1.82, 2.24) is 10.6 Å². The third kappa shape index (κ3) is 7.61. The molecule has 7 heteroatoms. The van der Waals surface area contributed by atoms with E-state index in [2.05, 4.69) is 15.4 Å². The maximum absolute atomic E-state index is 11.4. The number of hydrogen-bond acceptors (Lipinski definition) is 5. The van der Waals surface area contributed by atoms with Crippen LogP contribution >= 0.6 is 0 Å². The van der Waals surface area contributed by atoms with Gasteiger partial charge < -0.3 is 20.5 Å². The Morgan fingerprint density at radius 3 is 2.50 bits per heavy atom. The van der Waals surface area contributed by atoms with Crippen molar-refractivity contribution in [3.8, 4) is 0 Å². The average Bonchev–Trinajstić information content (AvgIpc) is 2.33. The Balaban J connectivity index is 4.06. The lowest BCUT2D eigenvalue weighted by molar-refractivity contribution is -0.144. The molecular formula is C11H20N2O5. The first-order valence-corrected chi connectivity index (χ1v) is 5.81. The van der Waals surface area contributed by atoms with Gasteiger partial charge in [-0.05, 0) is 19.4 Å². The van der Waals surface area contributed by atoms with Gasteiger partial charge >= 0.3 is 11.9 Å². The molecule has 0 aliphatic carbocycles. The van der Waals surface area contributed by atoms with Crippen LogP contribution in [0.15, 0.2) is 0 Å². The van der Waals surface area contributed by atoms with Crippen molar-refractivity contribution in [1.29, 1.82) is 0 Å². The van der Waals surface area contributed by atoms with Crippen LogP contribution in [0.25, 0.3) is 0 Å². The summed E-state index contributed by atoms with van der Waals surface area (Å²) < 4.78 is 4.41. The summed E-state index contributed by atoms with van der Waals surface area (Å²) in [6.45, 7) is 2.71. The molecule has 0 heterocycles. The van der Waals surface area contributed by atoms with Gasteiger partial charge in [-0.3, -0.25) is 9.59 Å². The first-order valence-electron chi connectivity index (χ1n) is 5.81. The minimum absolute atomic E-state index is 0.0154. The number of esters is 1. The summed E-state index contributed by atoms with van der Waals surface area (Å²) in [5.41, 5.74) is 0. The molecule has 3 N–H and O–H groups in total. The molecule has 7 nitrogen and oxygen atoms in total. The zero-order chi connectivity index (χ0) is 14.0. The second-order valence-corrected chi connectivity index (χ2v) is 3.75. The SMILES string of the molecule is CCCNCC(=O)NC(CCC(=O)OC)C(=O)O. The highest BCUT2D eigenvalue weighted by Crippen LogP contribution is 1.99. The number of ether oxygens (including phenoxy) is 1. The molecule has 0 aromatic carbocycles. The summed E-state index contributed by atoms with van der Waals surface area (Å²) in [6.07, 6.45) is 0.857. The van der Waals surface area contributed by atoms with Gasteiger partial charge in [0, 0.05) is 6.42 Å². The number of methoxy groups -OCH3 is 1. The molecule has 0 aromatic heterocycles. The number of carbonyl (C=O) groups is 3. The van der Waals surface area contributed by atoms with E-state index in [-0.39, 0.29) is 19.4 Å². The van der Waals surface area contributed by atoms with Crippen LogP contribution in [0, 0.1) is 0 Å². The summed E-state index contributed by atoms with van der Waals surface area (Å²) in [4.78, 5) is 33.2. The lowest BCUT2D eigenvalue weighted by Gasteiger charge is -2.14. The fourth-order valence-electron chi connectivity index (χ4n) is 1.25. The molecule has 0 rings (SSSR count). The van der Waals surface area contributed by atoms with Crippen LogP contribution in [-0.4, -0.2) is 49.2 Å². The standard InChI is InChI=1S/C11H20N2O5/c1-3-6-12-7-9(14)13-8(11(16)17)4-5-10(15)18-2/h8,12H,3-7H2,1-2H3,(H,13,14)(H,16,17). The van der Waals surface area contributed by atoms with Crippen molar-refractivity contribution in [3.63, 3.8) is 0 Å². The molecule has 0 radical (unpaired) electrons. The number of carboxylic acid groups (broad SMARTS) is 1. The normalized spacial score (nSPS) is 11.7. The molecule has 104 valence electrons. The zero-order valence-electron chi connectivity index (χ0n) is 10.7. The predicted molar refractivity (Wildman–Crippen MR) is 64.0 cm³/mol. The van der Waals surface area contributed by atoms with Crippen molar-refractivity contribution < 1.29 is 24.2 Å². The van der Waals surface area contributed by atoms with Crippen LogP contribution in [0.3, 0.4) is 0 Å². The smallest absolute Gasteiger partial charge is 0.326 e. The third-order valence-corrected chi connectivity index (χ3v) is 2.21. The molecule has 0 aliphatic rings. The molecule has 0 fully saturated rings. The molecule has 0 saturated carbocycles. The van der Waals surface area contributed by atoms with Crippen LogP contribution in [0.5, 0.6) is 0 Å². The average molecular weight is 260 g/mol. The minimum atomic E-state index is -1.16. The van der Waals surface area contributed by atoms with E-state index >= 15 is 0 Å². The van der Waals surface area contributed by atoms with Gasteiger partial charge in [0.2, 0.25) is 5.91 Å². The fraction of sp³-hybridized carbons (Fsp3) is 0.727. The van der Waals surface area contributed by atoms with Crippen molar-refractivity contribution in [3.05, 3.63) is 0 Å². The highest BCUT2D eigenvalue weighted by Gasteiger charge is 2.20. The molecule has 0 spiro atoms. The molecular weight excluding hydrogens is 240 g/mol. The molecule has 1 amide bonds. The minimum Gasteiger partial charge on any atom is -0.480 e. The summed E-state index contributed by atoms with van der Waals surface area (Å²) in [6, 6.07) is -1.07. The first-order chi connectivity index (χ1) is 8.51. The Morgan fingerprint density at radius 1 is 1.33 bits per heavy atom. The second-order valence-electron chi connectivity index (χ2n) is 3.75. The summed E-state index contributed by atoms with van der Waals surface area (Å²) in [5, 5.41) is 14.1. The number of aliphatic carboxylic acids is 1. The van der Waals surface area contributed by atoms with Crippen molar-refractivity contribution in [2.24, 2.45) is 0 Å². The highest BCUT2D eigenvalue weighted by atomic mass is 16.5. The van der Waals surface area contributed by atoms with Gasteiger partial charge in [-0.2, -0.15) is 0 Å². The number of nitrogens with one attached hydrogen (secondary N) is 2. The van der Waals surface area contributed by atoms with E-state index in [1.165, 1.54) is 7.11 Å². The fourth-order valence-corrected chi connectivity index (χ4v) is 1.25. The van der Waals surface area contributed by atoms with Gasteiger partial charge in [0.1, 0.15) is 6.04 Å². The van der Waals surface area contributed by atoms with Gasteiger partial charge in [0.15, 0.2) is 0 Å². The Kier molecular flexibility index (Phi) is 8.55. The predicted octanol–water partition coefficient (Wildman–Crippen LogP) is -0.491. The largest absolute Gasteiger partial charge is 0.480 e. The molecule has 1 unspecified atom stereocenters. The van der Waals surface area contributed by atoms with E-state index in [4.69, 9.17) is 5.11 Å². The third-order valence-electron chi connectivity index (χ3n) is 2.21. The van der Waals surface area contributed by atoms with Crippen molar-refractivity contribution in [2.45, 2.75) is 32.2 Å². The quantitative estimate of drug-likeness (QED) is 0.381. The van der Waals surface area contributed by atoms with Gasteiger partial charge in [-0.25, -0.2) is 4.79 Å². The summed E-state index contributed by atoms with van der Waals surface area (Å²) >= 11 is 0. The monoisotopic (exact) mass is 260 g/mol. The molecule has 0 aromatic rings. The van der Waals surface area contributed by atoms with Gasteiger partial charge in [0.25, 0.3) is 0 Å². The molecule has 18 heavy (non-hydrogen) atoms. The van der Waals surface area contributed by atoms with E-state index in [9.17, 15) is 14.4 Å². The number of amides is 1. The number of carboxylic acids is 1. The van der Waals surface area contributed by atoms with Gasteiger partial charge in [0.05, 0.1) is 13.7 Å². The van der Waals surface area contributed by atoms with Crippen LogP contribution in [0.2, 0.25) is 0 Å². The highest BCUT2D eigenvalue weighted by molar-refractivity contribution is 5.85. The van der Waals surface area contributed by atoms with Gasteiger partial charge in [-0.1, -0.05) is 6.92 Å². The van der Waals surface area contributed by atoms with E-state index in [0.717, 1.165) is 6.42 Å². The topological polar surface area (TPSA) is 105 Å². The Hall–Kier alpha value is -1.63. The van der Waals surface area contributed by atoms with E-state index < -0.39 is 23.9 Å². The lowest BCUT2D eigenvalue weighted by atomic mass is 10.1. The maximum Gasteiger partial charge on any atom is 0.326 e. The zero-order valence-corrected chi connectivity index (χ0v) is 10.7. The van der Waals surface area contributed by atoms with Crippen LogP contribution in [0.1, 0.15) is 26.2 Å². The van der Waals surface area contributed by atoms with Crippen molar-refractivity contribution in [2.75, 3.05) is 20.2 Å². The molecule has 0 aliphatic heterocycles. The van der Waals surface area contributed by atoms with Crippen LogP contribution < -0.4 is 10.6 Å². The Morgan fingerprint density at radius 2 is 2.00 bits per heavy atom. The summed E-state index contributed by atoms with van der Waals surface area (Å²) in [7, 11) is 1.23. The van der Waals surface area contributed by atoms with E-state index in [1.807, 2.05) is 6.92 Å². The Labute approximate surface area is 106 Å². The first kappa shape index (κ1) is 16.4. The molecule has 0 bridgehead atoms. The number of hydrogen-bond donors (Lipinski definition) is 3. The number of carbonyl (C=O) groups excluding carboxylic acids is 2. The van der Waals surface area contributed by atoms with Crippen LogP contribution in [-0.2, 0) is 19.1 Å². The van der Waals surface area contributed by atoms with Crippen molar-refractivity contribution >= 4 is 17.8 Å². The maximum atomic E-state index is 11.4. The van der Waals surface area contributed by atoms with E-state index in [0.29, 0.717) is 6.54 Å².